The summed E-state index contributed by atoms with van der Waals surface area (Å²) in [5.74, 6) is 0.650. The molecule has 1 fully saturated rings. The number of hydrogen-bond donors (Lipinski definition) is 1. The minimum atomic E-state index is -4.41. The molecule has 1 saturated heterocycles. The van der Waals surface area contributed by atoms with Gasteiger partial charge in [0.25, 0.3) is 0 Å². The summed E-state index contributed by atoms with van der Waals surface area (Å²) < 4.78 is 40.4. The SMILES string of the molecule is C/C=C1/NC(c2cc(-c3cccc(C(F)(F)F)c3)nn2C)CC(=O)N1C. The van der Waals surface area contributed by atoms with E-state index in [1.807, 2.05) is 6.92 Å². The van der Waals surface area contributed by atoms with Crippen molar-refractivity contribution >= 4 is 5.91 Å². The number of nitrogens with zero attached hydrogens (tertiary/aromatic N) is 3. The number of hydrogen-bond acceptors (Lipinski definition) is 3. The van der Waals surface area contributed by atoms with Gasteiger partial charge < -0.3 is 10.2 Å². The number of allylic oxidation sites excluding steroid dienone is 1. The highest BCUT2D eigenvalue weighted by Gasteiger charge is 2.32. The number of nitrogens with one attached hydrogen (secondary N) is 1. The molecule has 3 rings (SSSR count). The second kappa shape index (κ2) is 6.51. The van der Waals surface area contributed by atoms with Crippen LogP contribution in [0.15, 0.2) is 42.2 Å². The molecule has 1 aliphatic heterocycles. The van der Waals surface area contributed by atoms with Crippen LogP contribution in [0, 0.1) is 0 Å². The molecule has 1 aliphatic rings. The highest BCUT2D eigenvalue weighted by Crippen LogP contribution is 2.33. The molecule has 0 bridgehead atoms. The fraction of sp³-hybridized carbons (Fsp3) is 0.333. The van der Waals surface area contributed by atoms with Crippen molar-refractivity contribution in [2.45, 2.75) is 25.6 Å². The zero-order chi connectivity index (χ0) is 19.1. The maximum absolute atomic E-state index is 12.9. The molecule has 0 spiro atoms. The molecule has 0 saturated carbocycles. The van der Waals surface area contributed by atoms with Crippen molar-refractivity contribution in [2.75, 3.05) is 7.05 Å². The largest absolute Gasteiger partial charge is 0.416 e. The van der Waals surface area contributed by atoms with Crippen molar-refractivity contribution in [2.24, 2.45) is 7.05 Å². The molecule has 8 heteroatoms. The van der Waals surface area contributed by atoms with Gasteiger partial charge in [-0.15, -0.1) is 0 Å². The number of aryl methyl sites for hydroxylation is 1. The van der Waals surface area contributed by atoms with Crippen LogP contribution in [0.5, 0.6) is 0 Å². The number of rotatable bonds is 2. The summed E-state index contributed by atoms with van der Waals surface area (Å²) >= 11 is 0. The fourth-order valence-electron chi connectivity index (χ4n) is 3.03. The molecule has 1 unspecified atom stereocenters. The van der Waals surface area contributed by atoms with E-state index < -0.39 is 11.7 Å². The molecule has 1 atom stereocenters. The van der Waals surface area contributed by atoms with E-state index in [9.17, 15) is 18.0 Å². The Kier molecular flexibility index (Phi) is 4.52. The Hall–Kier alpha value is -2.77. The van der Waals surface area contributed by atoms with Gasteiger partial charge in [0.05, 0.1) is 29.4 Å². The molecular weight excluding hydrogens is 345 g/mol. The molecule has 26 heavy (non-hydrogen) atoms. The summed E-state index contributed by atoms with van der Waals surface area (Å²) in [5.41, 5.74) is 0.834. The summed E-state index contributed by atoms with van der Waals surface area (Å²) in [6.07, 6.45) is -2.36. The Bertz CT molecular complexity index is 870. The molecule has 2 aromatic rings. The van der Waals surface area contributed by atoms with Gasteiger partial charge in [-0.2, -0.15) is 18.3 Å². The number of carbonyl (C=O) groups is 1. The first-order valence-corrected chi connectivity index (χ1v) is 8.11. The van der Waals surface area contributed by atoms with Gasteiger partial charge in [0.2, 0.25) is 5.91 Å². The lowest BCUT2D eigenvalue weighted by atomic mass is 10.0. The van der Waals surface area contributed by atoms with Gasteiger partial charge in [0.1, 0.15) is 5.82 Å². The van der Waals surface area contributed by atoms with Crippen LogP contribution in [0.2, 0.25) is 0 Å². The van der Waals surface area contributed by atoms with Gasteiger partial charge in [-0.1, -0.05) is 12.1 Å². The van der Waals surface area contributed by atoms with Crippen LogP contribution in [0.4, 0.5) is 13.2 Å². The maximum Gasteiger partial charge on any atom is 0.416 e. The Labute approximate surface area is 149 Å². The van der Waals surface area contributed by atoms with Crippen molar-refractivity contribution in [3.8, 4) is 11.3 Å². The standard InChI is InChI=1S/C18H19F3N4O/c1-4-16-22-14(10-17(26)24(16)2)15-9-13(23-25(15)3)11-6-5-7-12(8-11)18(19,20)21/h4-9,14,22H,10H2,1-3H3/b16-4-. The van der Waals surface area contributed by atoms with E-state index in [1.165, 1.54) is 6.07 Å². The molecule has 1 N–H and O–H groups in total. The lowest BCUT2D eigenvalue weighted by molar-refractivity contribution is -0.137. The second-order valence-electron chi connectivity index (χ2n) is 6.18. The second-order valence-corrected chi connectivity index (χ2v) is 6.18. The molecule has 138 valence electrons. The van der Waals surface area contributed by atoms with Crippen molar-refractivity contribution < 1.29 is 18.0 Å². The van der Waals surface area contributed by atoms with Gasteiger partial charge in [-0.3, -0.25) is 9.48 Å². The third kappa shape index (κ3) is 3.31. The quantitative estimate of drug-likeness (QED) is 0.888. The van der Waals surface area contributed by atoms with Gasteiger partial charge in [0.15, 0.2) is 0 Å². The number of benzene rings is 1. The molecule has 1 amide bonds. The highest BCUT2D eigenvalue weighted by atomic mass is 19.4. The summed E-state index contributed by atoms with van der Waals surface area (Å²) in [6, 6.07) is 6.49. The molecule has 2 heterocycles. The first-order valence-electron chi connectivity index (χ1n) is 8.11. The van der Waals surface area contributed by atoms with Crippen LogP contribution in [0.3, 0.4) is 0 Å². The number of amides is 1. The Morgan fingerprint density at radius 3 is 2.65 bits per heavy atom. The Balaban J connectivity index is 1.94. The molecule has 0 aliphatic carbocycles. The summed E-state index contributed by atoms with van der Waals surface area (Å²) in [4.78, 5) is 13.7. The van der Waals surface area contributed by atoms with E-state index in [-0.39, 0.29) is 18.4 Å². The summed E-state index contributed by atoms with van der Waals surface area (Å²) in [5, 5.41) is 7.61. The third-order valence-electron chi connectivity index (χ3n) is 4.47. The minimum Gasteiger partial charge on any atom is -0.363 e. The Morgan fingerprint density at radius 1 is 1.27 bits per heavy atom. The number of halogens is 3. The van der Waals surface area contributed by atoms with Crippen LogP contribution in [0.25, 0.3) is 11.3 Å². The lowest BCUT2D eigenvalue weighted by Gasteiger charge is -2.33. The first kappa shape index (κ1) is 18.0. The van der Waals surface area contributed by atoms with Crippen LogP contribution in [-0.2, 0) is 18.0 Å². The Morgan fingerprint density at radius 2 is 2.00 bits per heavy atom. The van der Waals surface area contributed by atoms with Gasteiger partial charge in [-0.25, -0.2) is 0 Å². The average Bonchev–Trinajstić information content (AvgIpc) is 2.98. The molecule has 1 aromatic carbocycles. The fourth-order valence-corrected chi connectivity index (χ4v) is 3.03. The van der Waals surface area contributed by atoms with Gasteiger partial charge in [-0.05, 0) is 31.2 Å². The molecular formula is C18H19F3N4O. The van der Waals surface area contributed by atoms with Crippen molar-refractivity contribution in [1.29, 1.82) is 0 Å². The molecule has 5 nitrogen and oxygen atoms in total. The van der Waals surface area contributed by atoms with Gasteiger partial charge >= 0.3 is 6.18 Å². The number of alkyl halides is 3. The lowest BCUT2D eigenvalue weighted by Crippen LogP contribution is -2.43. The smallest absolute Gasteiger partial charge is 0.363 e. The average molecular weight is 364 g/mol. The molecule has 0 radical (unpaired) electrons. The van der Waals surface area contributed by atoms with Crippen molar-refractivity contribution in [3.05, 3.63) is 53.5 Å². The van der Waals surface area contributed by atoms with E-state index in [0.29, 0.717) is 17.1 Å². The normalized spacial score (nSPS) is 19.8. The van der Waals surface area contributed by atoms with E-state index in [2.05, 4.69) is 10.4 Å². The van der Waals surface area contributed by atoms with Crippen molar-refractivity contribution in [1.82, 2.24) is 20.0 Å². The summed E-state index contributed by atoms with van der Waals surface area (Å²) in [7, 11) is 3.41. The van der Waals surface area contributed by atoms with E-state index in [0.717, 1.165) is 17.8 Å². The van der Waals surface area contributed by atoms with E-state index in [1.54, 1.807) is 41.9 Å². The van der Waals surface area contributed by atoms with E-state index >= 15 is 0 Å². The minimum absolute atomic E-state index is 0.0383. The predicted octanol–water partition coefficient (Wildman–Crippen LogP) is 3.46. The van der Waals surface area contributed by atoms with Gasteiger partial charge in [0, 0.05) is 19.7 Å². The molecule has 1 aromatic heterocycles. The van der Waals surface area contributed by atoms with Crippen LogP contribution >= 0.6 is 0 Å². The van der Waals surface area contributed by atoms with Crippen LogP contribution in [-0.4, -0.2) is 27.6 Å². The van der Waals surface area contributed by atoms with Crippen LogP contribution in [0.1, 0.15) is 30.6 Å². The van der Waals surface area contributed by atoms with Crippen molar-refractivity contribution in [3.63, 3.8) is 0 Å². The number of carbonyl (C=O) groups excluding carboxylic acids is 1. The van der Waals surface area contributed by atoms with E-state index in [4.69, 9.17) is 0 Å². The highest BCUT2D eigenvalue weighted by molar-refractivity contribution is 5.79. The summed E-state index contributed by atoms with van der Waals surface area (Å²) in [6.45, 7) is 1.83. The van der Waals surface area contributed by atoms with Crippen LogP contribution < -0.4 is 5.32 Å². The third-order valence-corrected chi connectivity index (χ3v) is 4.47. The first-order chi connectivity index (χ1) is 12.2. The monoisotopic (exact) mass is 364 g/mol. The predicted molar refractivity (Wildman–Crippen MR) is 90.7 cm³/mol. The topological polar surface area (TPSA) is 50.2 Å². The number of aromatic nitrogens is 2. The zero-order valence-electron chi connectivity index (χ0n) is 14.6. The zero-order valence-corrected chi connectivity index (χ0v) is 14.6. The maximum atomic E-state index is 12.9.